The lowest BCUT2D eigenvalue weighted by Gasteiger charge is -2.55. The molecule has 2 unspecified atom stereocenters. The van der Waals surface area contributed by atoms with Crippen molar-refractivity contribution in [3.63, 3.8) is 0 Å². The summed E-state index contributed by atoms with van der Waals surface area (Å²) in [6.07, 6.45) is 11.5. The van der Waals surface area contributed by atoms with Crippen LogP contribution in [0, 0.1) is 11.3 Å². The molecular weight excluding hydrogens is 737 g/mol. The molecule has 4 fully saturated rings. The highest BCUT2D eigenvalue weighted by Crippen LogP contribution is 2.51. The Morgan fingerprint density at radius 3 is 2.22 bits per heavy atom. The van der Waals surface area contributed by atoms with Crippen molar-refractivity contribution >= 4 is 23.4 Å². The first-order valence-corrected chi connectivity index (χ1v) is 22.1. The largest absolute Gasteiger partial charge is 0.508 e. The molecule has 7 aliphatic rings. The fourth-order valence-electron chi connectivity index (χ4n) is 11.6. The predicted molar refractivity (Wildman–Crippen MR) is 228 cm³/mol. The number of nitrogens with one attached hydrogen (secondary N) is 2. The number of piperidine rings is 2. The minimum Gasteiger partial charge on any atom is -0.508 e. The quantitative estimate of drug-likeness (QED) is 0.178. The molecule has 2 atom stereocenters. The second-order valence-electron chi connectivity index (χ2n) is 18.7. The van der Waals surface area contributed by atoms with Crippen LogP contribution in [0.5, 0.6) is 11.5 Å². The van der Waals surface area contributed by atoms with Gasteiger partial charge in [-0.15, -0.1) is 0 Å². The second kappa shape index (κ2) is 15.5. The van der Waals surface area contributed by atoms with Gasteiger partial charge in [-0.05, 0) is 147 Å². The molecule has 59 heavy (non-hydrogen) atoms. The van der Waals surface area contributed by atoms with Crippen LogP contribution in [-0.2, 0) is 28.0 Å². The average molecular weight is 793 g/mol. The molecule has 2 spiro atoms. The van der Waals surface area contributed by atoms with E-state index in [2.05, 4.69) is 87.2 Å². The third kappa shape index (κ3) is 7.40. The van der Waals surface area contributed by atoms with Crippen LogP contribution in [-0.4, -0.2) is 67.1 Å². The zero-order valence-electron chi connectivity index (χ0n) is 34.0. The van der Waals surface area contributed by atoms with Gasteiger partial charge >= 0.3 is 0 Å². The number of fused-ring (bicyclic) bond motifs is 4. The number of likely N-dealkylation sites (tertiary alicyclic amines) is 1. The molecule has 5 aliphatic heterocycles. The molecule has 4 aromatic rings. The van der Waals surface area contributed by atoms with Crippen LogP contribution >= 0.6 is 0 Å². The van der Waals surface area contributed by atoms with Crippen LogP contribution in [0.3, 0.4) is 0 Å². The molecule has 4 aromatic carbocycles. The van der Waals surface area contributed by atoms with Crippen LogP contribution in [0.4, 0.5) is 5.69 Å². The predicted octanol–water partition coefficient (Wildman–Crippen LogP) is 7.73. The minimum atomic E-state index is -0.138. The third-order valence-corrected chi connectivity index (χ3v) is 15.0. The monoisotopic (exact) mass is 792 g/mol. The fourth-order valence-corrected chi connectivity index (χ4v) is 11.6. The molecule has 3 N–H and O–H groups in total. The van der Waals surface area contributed by atoms with Crippen molar-refractivity contribution in [2.45, 2.75) is 94.4 Å². The summed E-state index contributed by atoms with van der Waals surface area (Å²) in [6, 6.07) is 30.8. The molecule has 5 heterocycles. The van der Waals surface area contributed by atoms with Gasteiger partial charge in [-0.25, -0.2) is 0 Å². The molecule has 11 rings (SSSR count). The number of hydrogen-bond donors (Lipinski definition) is 3. The first-order chi connectivity index (χ1) is 28.7. The number of anilines is 1. The van der Waals surface area contributed by atoms with Crippen molar-refractivity contribution < 1.29 is 24.2 Å². The highest BCUT2D eigenvalue weighted by atomic mass is 16.5. The summed E-state index contributed by atoms with van der Waals surface area (Å²) < 4.78 is 6.19. The minimum absolute atomic E-state index is 0.0347. The lowest BCUT2D eigenvalue weighted by atomic mass is 9.65. The summed E-state index contributed by atoms with van der Waals surface area (Å²) in [5.74, 6) is 2.60. The Morgan fingerprint density at radius 2 is 1.51 bits per heavy atom. The van der Waals surface area contributed by atoms with Gasteiger partial charge < -0.3 is 25.0 Å². The Kier molecular flexibility index (Phi) is 9.98. The fraction of sp³-hybridized carbons (Fsp3) is 0.460. The van der Waals surface area contributed by atoms with E-state index in [4.69, 9.17) is 4.74 Å². The van der Waals surface area contributed by atoms with E-state index in [-0.39, 0.29) is 23.1 Å². The van der Waals surface area contributed by atoms with Gasteiger partial charge in [-0.3, -0.25) is 19.7 Å². The number of carbonyl (C=O) groups excluding carboxylic acids is 3. The van der Waals surface area contributed by atoms with Gasteiger partial charge in [0.2, 0.25) is 11.8 Å². The summed E-state index contributed by atoms with van der Waals surface area (Å²) in [4.78, 5) is 38.2. The summed E-state index contributed by atoms with van der Waals surface area (Å²) in [7, 11) is 0. The van der Waals surface area contributed by atoms with E-state index in [1.165, 1.54) is 78.8 Å². The summed E-state index contributed by atoms with van der Waals surface area (Å²) in [5.41, 5.74) is 10.7. The molecule has 0 bridgehead atoms. The number of phenols is 1. The topological polar surface area (TPSA) is 111 Å². The normalized spacial score (nSPS) is 24.2. The van der Waals surface area contributed by atoms with Crippen LogP contribution in [0.15, 0.2) is 84.9 Å². The Morgan fingerprint density at radius 1 is 0.763 bits per heavy atom. The van der Waals surface area contributed by atoms with E-state index in [9.17, 15) is 19.5 Å². The lowest BCUT2D eigenvalue weighted by Crippen LogP contribution is -2.58. The maximum atomic E-state index is 12.2. The van der Waals surface area contributed by atoms with Crippen LogP contribution in [0.25, 0.3) is 0 Å². The molecule has 9 nitrogen and oxygen atoms in total. The molecule has 9 heteroatoms. The maximum absolute atomic E-state index is 12.2. The number of benzene rings is 4. The van der Waals surface area contributed by atoms with Crippen molar-refractivity contribution in [1.29, 1.82) is 0 Å². The standard InChI is InChI=1S/C45H49N3O3.C5H7NO2/c49-36-11-13-38-33(22-36)8-12-37(31-4-2-1-3-5-31)42(38)32-6-9-35(10-7-32)48-27-44(28-48)16-14-30(15-17-44)26-47-20-18-45(19-21-47)29-51-41-24-39-34(23-40(41)45)25-46-43(39)50;7-4-2-1-3-5(8)6-4/h1-7,9-11,13,22-24,30,37,42,49H,8,12,14-21,25-29H2,(H,46,50);1-3H2,(H,6,7,8). The van der Waals surface area contributed by atoms with Gasteiger partial charge in [-0.2, -0.15) is 0 Å². The van der Waals surface area contributed by atoms with Crippen LogP contribution < -0.4 is 20.3 Å². The molecule has 0 aromatic heterocycles. The number of ether oxygens (including phenoxy) is 1. The summed E-state index contributed by atoms with van der Waals surface area (Å²) >= 11 is 0. The second-order valence-corrected chi connectivity index (χ2v) is 18.7. The number of rotatable bonds is 5. The van der Waals surface area contributed by atoms with Crippen LogP contribution in [0.1, 0.15) is 120 Å². The first-order valence-electron chi connectivity index (χ1n) is 22.1. The average Bonchev–Trinajstić information content (AvgIpc) is 3.79. The van der Waals surface area contributed by atoms with E-state index in [0.29, 0.717) is 48.8 Å². The Labute approximate surface area is 347 Å². The van der Waals surface area contributed by atoms with Crippen molar-refractivity contribution in [3.8, 4) is 11.5 Å². The third-order valence-electron chi connectivity index (χ3n) is 15.0. The van der Waals surface area contributed by atoms with Gasteiger partial charge in [0.25, 0.3) is 5.91 Å². The van der Waals surface area contributed by atoms with Gasteiger partial charge in [0.15, 0.2) is 0 Å². The van der Waals surface area contributed by atoms with Crippen molar-refractivity contribution in [2.24, 2.45) is 11.3 Å². The number of nitrogens with zero attached hydrogens (tertiary/aromatic N) is 2. The van der Waals surface area contributed by atoms with Gasteiger partial charge in [0.05, 0.1) is 6.61 Å². The Balaban J connectivity index is 0.000000473. The van der Waals surface area contributed by atoms with Crippen molar-refractivity contribution in [3.05, 3.63) is 124 Å². The van der Waals surface area contributed by atoms with E-state index >= 15 is 0 Å². The number of aromatic hydroxyl groups is 1. The van der Waals surface area contributed by atoms with Gasteiger partial charge in [0.1, 0.15) is 11.5 Å². The van der Waals surface area contributed by atoms with Gasteiger partial charge in [-0.1, -0.05) is 48.5 Å². The highest BCUT2D eigenvalue weighted by Gasteiger charge is 2.47. The molecule has 3 amide bonds. The van der Waals surface area contributed by atoms with Crippen molar-refractivity contribution in [1.82, 2.24) is 15.5 Å². The molecular formula is C50H56N4O5. The SMILES string of the molecule is O=C1CCCC(=O)N1.O=C1NCc2cc3c(cc21)OCC31CCN(CC2CCC3(CC2)CN(c2ccc(C4c5ccc(O)cc5CCC4c4ccccc4)cc2)C3)CC1. The van der Waals surface area contributed by atoms with E-state index in [0.717, 1.165) is 68.2 Å². The number of imide groups is 1. The molecule has 306 valence electrons. The first kappa shape index (κ1) is 38.1. The Bertz CT molecular complexity index is 2220. The highest BCUT2D eigenvalue weighted by molar-refractivity contribution is 5.99. The smallest absolute Gasteiger partial charge is 0.252 e. The van der Waals surface area contributed by atoms with E-state index < -0.39 is 0 Å². The lowest BCUT2D eigenvalue weighted by molar-refractivity contribution is -0.132. The summed E-state index contributed by atoms with van der Waals surface area (Å²) in [5, 5.41) is 15.4. The zero-order valence-corrected chi connectivity index (χ0v) is 34.0. The maximum Gasteiger partial charge on any atom is 0.252 e. The molecule has 0 radical (unpaired) electrons. The van der Waals surface area contributed by atoms with Crippen molar-refractivity contribution in [2.75, 3.05) is 44.2 Å². The van der Waals surface area contributed by atoms with Gasteiger partial charge in [0, 0.05) is 72.6 Å². The zero-order chi connectivity index (χ0) is 40.1. The van der Waals surface area contributed by atoms with E-state index in [1.54, 1.807) is 0 Å². The molecule has 3 saturated heterocycles. The number of aryl methyl sites for hydroxylation is 1. The van der Waals surface area contributed by atoms with E-state index in [1.807, 2.05) is 18.2 Å². The number of phenolic OH excluding ortho intramolecular Hbond substituents is 1. The summed E-state index contributed by atoms with van der Waals surface area (Å²) in [6.45, 7) is 7.31. The van der Waals surface area contributed by atoms with Crippen LogP contribution in [0.2, 0.25) is 0 Å². The number of amides is 3. The number of carbonyl (C=O) groups is 3. The Hall–Kier alpha value is -5.15. The number of hydrogen-bond acceptors (Lipinski definition) is 7. The molecule has 2 aliphatic carbocycles. The molecule has 1 saturated carbocycles.